The zero-order chi connectivity index (χ0) is 17.8. The molecule has 0 unspecified atom stereocenters. The van der Waals surface area contributed by atoms with Gasteiger partial charge >= 0.3 is 0 Å². The summed E-state index contributed by atoms with van der Waals surface area (Å²) in [5.41, 5.74) is 1.07. The van der Waals surface area contributed by atoms with Crippen LogP contribution < -0.4 is 10.1 Å². The Morgan fingerprint density at radius 3 is 2.92 bits per heavy atom. The molecule has 130 valence electrons. The summed E-state index contributed by atoms with van der Waals surface area (Å²) in [6.07, 6.45) is 1.35. The molecule has 2 heterocycles. The molecule has 0 aliphatic heterocycles. The molecule has 0 saturated heterocycles. The molecule has 1 aromatic carbocycles. The minimum absolute atomic E-state index is 0.0345. The molecule has 7 nitrogen and oxygen atoms in total. The Labute approximate surface area is 147 Å². The summed E-state index contributed by atoms with van der Waals surface area (Å²) >= 11 is 5.69. The molecule has 25 heavy (non-hydrogen) atoms. The van der Waals surface area contributed by atoms with Gasteiger partial charge in [0.05, 0.1) is 12.1 Å². The van der Waals surface area contributed by atoms with Gasteiger partial charge in [0.15, 0.2) is 11.5 Å². The zero-order valence-electron chi connectivity index (χ0n) is 13.4. The predicted octanol–water partition coefficient (Wildman–Crippen LogP) is 2.89. The number of nitrogens with one attached hydrogen (secondary N) is 1. The monoisotopic (exact) mass is 363 g/mol. The molecular weight excluding hydrogens is 349 g/mol. The summed E-state index contributed by atoms with van der Waals surface area (Å²) < 4.78 is 19.8. The number of methoxy groups -OCH3 is 1. The SMILES string of the molecule is COc1ccc2nnc(CCCC(=O)Nc3ccc(F)c(Cl)c3)n2n1. The van der Waals surface area contributed by atoms with Crippen molar-refractivity contribution >= 4 is 28.8 Å². The van der Waals surface area contributed by atoms with Crippen molar-refractivity contribution in [2.24, 2.45) is 0 Å². The van der Waals surface area contributed by atoms with E-state index in [2.05, 4.69) is 20.6 Å². The van der Waals surface area contributed by atoms with Crippen LogP contribution in [0.1, 0.15) is 18.7 Å². The van der Waals surface area contributed by atoms with Gasteiger partial charge in [-0.25, -0.2) is 4.39 Å². The molecule has 9 heteroatoms. The summed E-state index contributed by atoms with van der Waals surface area (Å²) in [6.45, 7) is 0. The Morgan fingerprint density at radius 2 is 2.16 bits per heavy atom. The molecule has 3 aromatic rings. The van der Waals surface area contributed by atoms with Gasteiger partial charge in [-0.05, 0) is 30.7 Å². The average molecular weight is 364 g/mol. The van der Waals surface area contributed by atoms with Crippen molar-refractivity contribution in [3.63, 3.8) is 0 Å². The van der Waals surface area contributed by atoms with E-state index in [9.17, 15) is 9.18 Å². The van der Waals surface area contributed by atoms with Gasteiger partial charge in [0.25, 0.3) is 0 Å². The number of halogens is 2. The number of fused-ring (bicyclic) bond motifs is 1. The standard InChI is InChI=1S/C16H15ClFN5O2/c1-25-16-8-7-14-21-20-13(23(14)22-16)3-2-4-15(24)19-10-5-6-12(18)11(17)9-10/h5-9H,2-4H2,1H3,(H,19,24). The van der Waals surface area contributed by atoms with Gasteiger partial charge in [-0.3, -0.25) is 4.79 Å². The van der Waals surface area contributed by atoms with E-state index in [0.29, 0.717) is 35.9 Å². The van der Waals surface area contributed by atoms with Crippen LogP contribution in [0.2, 0.25) is 5.02 Å². The average Bonchev–Trinajstić information content (AvgIpc) is 3.00. The minimum atomic E-state index is -0.527. The molecular formula is C16H15ClFN5O2. The summed E-state index contributed by atoms with van der Waals surface area (Å²) in [5, 5.41) is 15.0. The molecule has 1 N–H and O–H groups in total. The van der Waals surface area contributed by atoms with Gasteiger partial charge in [0, 0.05) is 24.6 Å². The molecule has 3 rings (SSSR count). The lowest BCUT2D eigenvalue weighted by Crippen LogP contribution is -2.12. The fraction of sp³-hybridized carbons (Fsp3) is 0.250. The number of aryl methyl sites for hydroxylation is 1. The molecule has 0 saturated carbocycles. The van der Waals surface area contributed by atoms with Crippen LogP contribution in [0.4, 0.5) is 10.1 Å². The van der Waals surface area contributed by atoms with E-state index in [-0.39, 0.29) is 17.4 Å². The molecule has 0 atom stereocenters. The number of hydrogen-bond acceptors (Lipinski definition) is 5. The molecule has 0 aliphatic rings. The summed E-state index contributed by atoms with van der Waals surface area (Å²) in [6, 6.07) is 7.50. The Hall–Kier alpha value is -2.74. The molecule has 0 aliphatic carbocycles. The third-order valence-corrected chi connectivity index (χ3v) is 3.81. The maximum atomic E-state index is 13.1. The van der Waals surface area contributed by atoms with Crippen LogP contribution in [0.15, 0.2) is 30.3 Å². The van der Waals surface area contributed by atoms with E-state index >= 15 is 0 Å². The lowest BCUT2D eigenvalue weighted by atomic mass is 10.2. The molecule has 0 bridgehead atoms. The molecule has 0 radical (unpaired) electrons. The highest BCUT2D eigenvalue weighted by atomic mass is 35.5. The minimum Gasteiger partial charge on any atom is -0.480 e. The lowest BCUT2D eigenvalue weighted by Gasteiger charge is -2.06. The molecule has 0 fully saturated rings. The number of rotatable bonds is 6. The van der Waals surface area contributed by atoms with Crippen molar-refractivity contribution in [1.82, 2.24) is 19.8 Å². The Kier molecular flexibility index (Phi) is 5.08. The topological polar surface area (TPSA) is 81.4 Å². The molecule has 1 amide bonds. The highest BCUT2D eigenvalue weighted by molar-refractivity contribution is 6.31. The Bertz CT molecular complexity index is 915. The fourth-order valence-electron chi connectivity index (χ4n) is 2.29. The first-order chi connectivity index (χ1) is 12.1. The van der Waals surface area contributed by atoms with Gasteiger partial charge in [-0.2, -0.15) is 4.52 Å². The lowest BCUT2D eigenvalue weighted by molar-refractivity contribution is -0.116. The number of benzene rings is 1. The van der Waals surface area contributed by atoms with Crippen molar-refractivity contribution in [3.05, 3.63) is 47.0 Å². The first-order valence-electron chi connectivity index (χ1n) is 7.57. The van der Waals surface area contributed by atoms with Crippen LogP contribution in [0, 0.1) is 5.82 Å². The number of nitrogens with zero attached hydrogens (tertiary/aromatic N) is 4. The van der Waals surface area contributed by atoms with E-state index in [0.717, 1.165) is 0 Å². The fourth-order valence-corrected chi connectivity index (χ4v) is 2.47. The third kappa shape index (κ3) is 4.03. The highest BCUT2D eigenvalue weighted by Crippen LogP contribution is 2.19. The van der Waals surface area contributed by atoms with Gasteiger partial charge in [0.2, 0.25) is 11.8 Å². The number of amides is 1. The number of ether oxygens (including phenoxy) is 1. The van der Waals surface area contributed by atoms with E-state index in [1.807, 2.05) is 0 Å². The third-order valence-electron chi connectivity index (χ3n) is 3.52. The first kappa shape index (κ1) is 17.1. The van der Waals surface area contributed by atoms with Crippen LogP contribution in [0.25, 0.3) is 5.65 Å². The van der Waals surface area contributed by atoms with E-state index in [1.165, 1.54) is 25.3 Å². The van der Waals surface area contributed by atoms with Crippen LogP contribution >= 0.6 is 11.6 Å². The predicted molar refractivity (Wildman–Crippen MR) is 90.3 cm³/mol. The van der Waals surface area contributed by atoms with Crippen molar-refractivity contribution in [2.45, 2.75) is 19.3 Å². The summed E-state index contributed by atoms with van der Waals surface area (Å²) in [5.74, 6) is 0.384. The van der Waals surface area contributed by atoms with Crippen LogP contribution in [0.3, 0.4) is 0 Å². The number of carbonyl (C=O) groups is 1. The zero-order valence-corrected chi connectivity index (χ0v) is 14.1. The molecule has 2 aromatic heterocycles. The van der Waals surface area contributed by atoms with Crippen molar-refractivity contribution in [1.29, 1.82) is 0 Å². The van der Waals surface area contributed by atoms with Crippen LogP contribution in [-0.2, 0) is 11.2 Å². The number of hydrogen-bond donors (Lipinski definition) is 1. The summed E-state index contributed by atoms with van der Waals surface area (Å²) in [7, 11) is 1.53. The first-order valence-corrected chi connectivity index (χ1v) is 7.95. The number of aromatic nitrogens is 4. The van der Waals surface area contributed by atoms with Gasteiger partial charge < -0.3 is 10.1 Å². The summed E-state index contributed by atoms with van der Waals surface area (Å²) in [4.78, 5) is 12.0. The second-order valence-corrected chi connectivity index (χ2v) is 5.70. The number of carbonyl (C=O) groups excluding carboxylic acids is 1. The van der Waals surface area contributed by atoms with Gasteiger partial charge in [0.1, 0.15) is 5.82 Å². The normalized spacial score (nSPS) is 10.8. The maximum Gasteiger partial charge on any atom is 0.231 e. The second kappa shape index (κ2) is 7.43. The van der Waals surface area contributed by atoms with Crippen molar-refractivity contribution in [2.75, 3.05) is 12.4 Å². The van der Waals surface area contributed by atoms with Gasteiger partial charge in [-0.15, -0.1) is 15.3 Å². The smallest absolute Gasteiger partial charge is 0.231 e. The van der Waals surface area contributed by atoms with Crippen LogP contribution in [0.5, 0.6) is 5.88 Å². The van der Waals surface area contributed by atoms with E-state index < -0.39 is 5.82 Å². The maximum absolute atomic E-state index is 13.1. The van der Waals surface area contributed by atoms with Gasteiger partial charge in [-0.1, -0.05) is 11.6 Å². The second-order valence-electron chi connectivity index (χ2n) is 5.29. The number of anilines is 1. The Balaban J connectivity index is 1.57. The molecule has 0 spiro atoms. The van der Waals surface area contributed by atoms with E-state index in [1.54, 1.807) is 16.6 Å². The largest absolute Gasteiger partial charge is 0.480 e. The van der Waals surface area contributed by atoms with Crippen molar-refractivity contribution in [3.8, 4) is 5.88 Å². The quantitative estimate of drug-likeness (QED) is 0.728. The Morgan fingerprint density at radius 1 is 1.32 bits per heavy atom. The van der Waals surface area contributed by atoms with E-state index in [4.69, 9.17) is 16.3 Å². The van der Waals surface area contributed by atoms with Crippen molar-refractivity contribution < 1.29 is 13.9 Å². The highest BCUT2D eigenvalue weighted by Gasteiger charge is 2.10. The van der Waals surface area contributed by atoms with Crippen LogP contribution in [-0.4, -0.2) is 32.8 Å².